The van der Waals surface area contributed by atoms with Crippen LogP contribution in [-0.4, -0.2) is 62.5 Å². The average Bonchev–Trinajstić information content (AvgIpc) is 2.97. The van der Waals surface area contributed by atoms with Crippen molar-refractivity contribution in [2.45, 2.75) is 6.42 Å². The first kappa shape index (κ1) is 20.2. The first-order valence-corrected chi connectivity index (χ1v) is 9.22. The van der Waals surface area contributed by atoms with E-state index in [0.717, 1.165) is 42.9 Å². The van der Waals surface area contributed by atoms with Gasteiger partial charge in [-0.25, -0.2) is 0 Å². The van der Waals surface area contributed by atoms with Crippen molar-refractivity contribution in [1.82, 2.24) is 15.5 Å². The zero-order valence-electron chi connectivity index (χ0n) is 14.0. The largest absolute Gasteiger partial charge is 0.354 e. The molecule has 1 aromatic carbocycles. The van der Waals surface area contributed by atoms with E-state index in [1.807, 2.05) is 24.3 Å². The second-order valence-corrected chi connectivity index (χ2v) is 7.11. The standard InChI is InChI=1S/C17H23BrN4O2.ClH/c18-13-2-1-3-14(12-13)22-8-4-15(17(22)24)16(23)20-7-11-21-9-5-19-6-10-21;/h1-3,12,15,19H,4-11H2,(H,20,23);1H. The molecule has 3 rings (SSSR count). The molecule has 2 aliphatic heterocycles. The Balaban J connectivity index is 0.00000225. The Labute approximate surface area is 162 Å². The molecule has 6 nitrogen and oxygen atoms in total. The predicted molar refractivity (Wildman–Crippen MR) is 104 cm³/mol. The zero-order chi connectivity index (χ0) is 16.9. The van der Waals surface area contributed by atoms with Crippen molar-refractivity contribution in [3.63, 3.8) is 0 Å². The molecule has 0 bridgehead atoms. The van der Waals surface area contributed by atoms with Gasteiger partial charge in [-0.05, 0) is 24.6 Å². The van der Waals surface area contributed by atoms with Crippen LogP contribution in [-0.2, 0) is 9.59 Å². The van der Waals surface area contributed by atoms with Gasteiger partial charge in [-0.2, -0.15) is 0 Å². The maximum Gasteiger partial charge on any atom is 0.239 e. The van der Waals surface area contributed by atoms with E-state index >= 15 is 0 Å². The molecule has 1 aromatic rings. The first-order valence-electron chi connectivity index (χ1n) is 8.43. The highest BCUT2D eigenvalue weighted by atomic mass is 79.9. The van der Waals surface area contributed by atoms with Gasteiger partial charge >= 0.3 is 0 Å². The Morgan fingerprint density at radius 3 is 2.76 bits per heavy atom. The van der Waals surface area contributed by atoms with Crippen LogP contribution in [0.2, 0.25) is 0 Å². The lowest BCUT2D eigenvalue weighted by Crippen LogP contribution is -2.47. The Bertz CT molecular complexity index is 610. The molecule has 138 valence electrons. The van der Waals surface area contributed by atoms with Crippen LogP contribution in [0.25, 0.3) is 0 Å². The number of nitrogens with one attached hydrogen (secondary N) is 2. The van der Waals surface area contributed by atoms with E-state index in [0.29, 0.717) is 19.5 Å². The Kier molecular flexibility index (Phi) is 7.68. The third-order valence-corrected chi connectivity index (χ3v) is 5.07. The van der Waals surface area contributed by atoms with Gasteiger partial charge in [0, 0.05) is 56.0 Å². The second-order valence-electron chi connectivity index (χ2n) is 6.19. The lowest BCUT2D eigenvalue weighted by Gasteiger charge is -2.27. The molecule has 2 heterocycles. The molecule has 1 atom stereocenters. The van der Waals surface area contributed by atoms with Gasteiger partial charge in [0.05, 0.1) is 0 Å². The van der Waals surface area contributed by atoms with Crippen molar-refractivity contribution in [2.24, 2.45) is 5.92 Å². The molecule has 0 saturated carbocycles. The van der Waals surface area contributed by atoms with E-state index in [-0.39, 0.29) is 24.2 Å². The minimum absolute atomic E-state index is 0. The number of benzene rings is 1. The van der Waals surface area contributed by atoms with E-state index in [2.05, 4.69) is 31.5 Å². The molecule has 2 N–H and O–H groups in total. The highest BCUT2D eigenvalue weighted by Crippen LogP contribution is 2.27. The molecule has 25 heavy (non-hydrogen) atoms. The van der Waals surface area contributed by atoms with Crippen molar-refractivity contribution in [2.75, 3.05) is 50.7 Å². The molecule has 8 heteroatoms. The third kappa shape index (κ3) is 5.17. The molecule has 0 spiro atoms. The minimum Gasteiger partial charge on any atom is -0.354 e. The number of nitrogens with zero attached hydrogens (tertiary/aromatic N) is 2. The van der Waals surface area contributed by atoms with Crippen LogP contribution < -0.4 is 15.5 Å². The lowest BCUT2D eigenvalue weighted by atomic mass is 10.1. The van der Waals surface area contributed by atoms with E-state index < -0.39 is 5.92 Å². The van der Waals surface area contributed by atoms with Gasteiger partial charge in [0.15, 0.2) is 0 Å². The minimum atomic E-state index is -0.563. The predicted octanol–water partition coefficient (Wildman–Crippen LogP) is 1.25. The van der Waals surface area contributed by atoms with Crippen LogP contribution in [0.15, 0.2) is 28.7 Å². The Morgan fingerprint density at radius 2 is 2.04 bits per heavy atom. The van der Waals surface area contributed by atoms with Crippen molar-refractivity contribution in [3.8, 4) is 0 Å². The smallest absolute Gasteiger partial charge is 0.239 e. The van der Waals surface area contributed by atoms with Crippen LogP contribution in [0.5, 0.6) is 0 Å². The van der Waals surface area contributed by atoms with Crippen LogP contribution in [0, 0.1) is 5.92 Å². The summed E-state index contributed by atoms with van der Waals surface area (Å²) in [5.41, 5.74) is 0.838. The van der Waals surface area contributed by atoms with E-state index in [1.54, 1.807) is 4.90 Å². The van der Waals surface area contributed by atoms with Crippen molar-refractivity contribution in [1.29, 1.82) is 0 Å². The van der Waals surface area contributed by atoms with E-state index in [4.69, 9.17) is 0 Å². The van der Waals surface area contributed by atoms with Crippen LogP contribution in [0.1, 0.15) is 6.42 Å². The second kappa shape index (κ2) is 9.52. The lowest BCUT2D eigenvalue weighted by molar-refractivity contribution is -0.132. The molecule has 2 amide bonds. The quantitative estimate of drug-likeness (QED) is 0.689. The number of anilines is 1. The fourth-order valence-corrected chi connectivity index (χ4v) is 3.61. The van der Waals surface area contributed by atoms with Gasteiger partial charge < -0.3 is 15.5 Å². The fourth-order valence-electron chi connectivity index (χ4n) is 3.22. The van der Waals surface area contributed by atoms with E-state index in [9.17, 15) is 9.59 Å². The summed E-state index contributed by atoms with van der Waals surface area (Å²) in [6.07, 6.45) is 0.574. The molecule has 0 aromatic heterocycles. The van der Waals surface area contributed by atoms with Gasteiger partial charge in [0.2, 0.25) is 11.8 Å². The highest BCUT2D eigenvalue weighted by molar-refractivity contribution is 9.10. The number of hydrogen-bond donors (Lipinski definition) is 2. The Hall–Kier alpha value is -1.15. The fraction of sp³-hybridized carbons (Fsp3) is 0.529. The summed E-state index contributed by atoms with van der Waals surface area (Å²) in [7, 11) is 0. The number of carbonyl (C=O) groups excluding carboxylic acids is 2. The van der Waals surface area contributed by atoms with Gasteiger partial charge in [-0.1, -0.05) is 22.0 Å². The van der Waals surface area contributed by atoms with Gasteiger partial charge in [0.1, 0.15) is 5.92 Å². The maximum absolute atomic E-state index is 12.6. The molecule has 0 aliphatic carbocycles. The average molecular weight is 432 g/mol. The molecule has 2 saturated heterocycles. The van der Waals surface area contributed by atoms with Crippen molar-refractivity contribution >= 4 is 45.8 Å². The van der Waals surface area contributed by atoms with Gasteiger partial charge in [-0.15, -0.1) is 12.4 Å². The van der Waals surface area contributed by atoms with E-state index in [1.165, 1.54) is 0 Å². The molecule has 2 aliphatic rings. The third-order valence-electron chi connectivity index (χ3n) is 4.58. The topological polar surface area (TPSA) is 64.7 Å². The molecular weight excluding hydrogens is 408 g/mol. The summed E-state index contributed by atoms with van der Waals surface area (Å²) >= 11 is 3.42. The SMILES string of the molecule is Cl.O=C(NCCN1CCNCC1)C1CCN(c2cccc(Br)c2)C1=O. The van der Waals surface area contributed by atoms with Gasteiger partial charge in [-0.3, -0.25) is 14.5 Å². The van der Waals surface area contributed by atoms with Crippen LogP contribution >= 0.6 is 28.3 Å². The number of rotatable bonds is 5. The van der Waals surface area contributed by atoms with Crippen LogP contribution in [0.3, 0.4) is 0 Å². The van der Waals surface area contributed by atoms with Gasteiger partial charge in [0.25, 0.3) is 0 Å². The summed E-state index contributed by atoms with van der Waals surface area (Å²) in [4.78, 5) is 28.9. The van der Waals surface area contributed by atoms with Crippen molar-refractivity contribution in [3.05, 3.63) is 28.7 Å². The normalized spacial score (nSPS) is 21.1. The van der Waals surface area contributed by atoms with Crippen molar-refractivity contribution < 1.29 is 9.59 Å². The molecule has 2 fully saturated rings. The summed E-state index contributed by atoms with van der Waals surface area (Å²) in [5.74, 6) is -0.813. The monoisotopic (exact) mass is 430 g/mol. The number of carbonyl (C=O) groups is 2. The summed E-state index contributed by atoms with van der Waals surface area (Å²) < 4.78 is 0.928. The zero-order valence-corrected chi connectivity index (χ0v) is 16.4. The number of hydrogen-bond acceptors (Lipinski definition) is 4. The summed E-state index contributed by atoms with van der Waals surface area (Å²) in [6.45, 7) is 6.03. The van der Waals surface area contributed by atoms with Crippen LogP contribution in [0.4, 0.5) is 5.69 Å². The molecule has 0 radical (unpaired) electrons. The summed E-state index contributed by atoms with van der Waals surface area (Å²) in [6, 6.07) is 7.62. The Morgan fingerprint density at radius 1 is 1.28 bits per heavy atom. The highest BCUT2D eigenvalue weighted by Gasteiger charge is 2.37. The molecular formula is C17H24BrClN4O2. The summed E-state index contributed by atoms with van der Waals surface area (Å²) in [5, 5.41) is 6.23. The first-order chi connectivity index (χ1) is 11.6. The number of halogens is 2. The number of amides is 2. The number of piperazine rings is 1. The molecule has 1 unspecified atom stereocenters. The maximum atomic E-state index is 12.6.